The molecule has 0 bridgehead atoms. The lowest BCUT2D eigenvalue weighted by atomic mass is 9.76. The Hall–Kier alpha value is -0.620. The summed E-state index contributed by atoms with van der Waals surface area (Å²) in [5.74, 6) is 0.563. The molecular formula is C15H30N2O3S. The maximum atomic E-state index is 12.1. The second-order valence-electron chi connectivity index (χ2n) is 7.63. The fraction of sp³-hybridized carbons (Fsp3) is 0.933. The van der Waals surface area contributed by atoms with E-state index in [1.54, 1.807) is 0 Å². The van der Waals surface area contributed by atoms with Crippen molar-refractivity contribution in [2.75, 3.05) is 18.1 Å². The Morgan fingerprint density at radius 2 is 1.95 bits per heavy atom. The second kappa shape index (κ2) is 6.65. The molecule has 2 atom stereocenters. The molecule has 0 saturated carbocycles. The van der Waals surface area contributed by atoms with E-state index >= 15 is 0 Å². The minimum atomic E-state index is -2.99. The summed E-state index contributed by atoms with van der Waals surface area (Å²) in [6.45, 7) is 8.93. The molecule has 2 unspecified atom stereocenters. The van der Waals surface area contributed by atoms with Crippen molar-refractivity contribution in [3.63, 3.8) is 0 Å². The maximum absolute atomic E-state index is 12.1. The van der Waals surface area contributed by atoms with Gasteiger partial charge in [-0.05, 0) is 44.1 Å². The number of sulfone groups is 1. The summed E-state index contributed by atoms with van der Waals surface area (Å²) in [6, 6.07) is 0. The predicted octanol–water partition coefficient (Wildman–Crippen LogP) is 1.47. The molecule has 0 aliphatic carbocycles. The second-order valence-corrected chi connectivity index (χ2v) is 9.81. The molecular weight excluding hydrogens is 288 g/mol. The summed E-state index contributed by atoms with van der Waals surface area (Å²) < 4.78 is 23.1. The van der Waals surface area contributed by atoms with Crippen LogP contribution in [0.1, 0.15) is 53.4 Å². The number of hydrogen-bond acceptors (Lipinski definition) is 4. The summed E-state index contributed by atoms with van der Waals surface area (Å²) in [5.41, 5.74) is 5.18. The highest BCUT2D eigenvalue weighted by molar-refractivity contribution is 7.91. The molecule has 1 rings (SSSR count). The number of amides is 1. The third-order valence-electron chi connectivity index (χ3n) is 4.40. The van der Waals surface area contributed by atoms with Crippen LogP contribution < -0.4 is 11.1 Å². The lowest BCUT2D eigenvalue weighted by Gasteiger charge is -2.31. The van der Waals surface area contributed by atoms with Crippen molar-refractivity contribution >= 4 is 15.7 Å². The minimum absolute atomic E-state index is 0.0528. The van der Waals surface area contributed by atoms with Crippen LogP contribution in [-0.4, -0.2) is 37.9 Å². The molecule has 0 aromatic carbocycles. The number of rotatable bonds is 6. The highest BCUT2D eigenvalue weighted by atomic mass is 32.2. The summed E-state index contributed by atoms with van der Waals surface area (Å²) in [4.78, 5) is 12.1. The van der Waals surface area contributed by atoms with Gasteiger partial charge in [-0.2, -0.15) is 0 Å². The standard InChI is InChI=1S/C15H30N2O3S/c1-14(2,3)12(7-9-16)5-6-13(18)17-15(4)8-10-21(19,20)11-15/h12H,5-11,16H2,1-4H3,(H,17,18). The monoisotopic (exact) mass is 318 g/mol. The fourth-order valence-electron chi connectivity index (χ4n) is 3.03. The lowest BCUT2D eigenvalue weighted by Crippen LogP contribution is -2.47. The number of hydrogen-bond donors (Lipinski definition) is 2. The van der Waals surface area contributed by atoms with Gasteiger partial charge in [0.25, 0.3) is 0 Å². The van der Waals surface area contributed by atoms with Crippen molar-refractivity contribution in [1.29, 1.82) is 0 Å². The van der Waals surface area contributed by atoms with Gasteiger partial charge in [0.15, 0.2) is 9.84 Å². The summed E-state index contributed by atoms with van der Waals surface area (Å²) in [5, 5.41) is 2.91. The molecule has 0 spiro atoms. The van der Waals surface area contributed by atoms with Crippen LogP contribution in [0.3, 0.4) is 0 Å². The summed E-state index contributed by atoms with van der Waals surface area (Å²) >= 11 is 0. The number of carbonyl (C=O) groups excluding carboxylic acids is 1. The van der Waals surface area contributed by atoms with Crippen molar-refractivity contribution in [2.24, 2.45) is 17.1 Å². The molecule has 6 heteroatoms. The largest absolute Gasteiger partial charge is 0.350 e. The summed E-state index contributed by atoms with van der Waals surface area (Å²) in [6.07, 6.45) is 2.63. The Morgan fingerprint density at radius 3 is 2.38 bits per heavy atom. The molecule has 21 heavy (non-hydrogen) atoms. The molecule has 124 valence electrons. The molecule has 1 heterocycles. The van der Waals surface area contributed by atoms with Crippen molar-refractivity contribution in [1.82, 2.24) is 5.32 Å². The van der Waals surface area contributed by atoms with E-state index in [1.807, 2.05) is 6.92 Å². The van der Waals surface area contributed by atoms with Gasteiger partial charge in [0.1, 0.15) is 0 Å². The smallest absolute Gasteiger partial charge is 0.220 e. The number of nitrogens with one attached hydrogen (secondary N) is 1. The van der Waals surface area contributed by atoms with Crippen LogP contribution in [0.5, 0.6) is 0 Å². The van der Waals surface area contributed by atoms with E-state index < -0.39 is 15.4 Å². The van der Waals surface area contributed by atoms with Crippen LogP contribution in [0.4, 0.5) is 0 Å². The quantitative estimate of drug-likeness (QED) is 0.776. The third-order valence-corrected chi connectivity index (χ3v) is 6.31. The van der Waals surface area contributed by atoms with Gasteiger partial charge in [-0.25, -0.2) is 8.42 Å². The first-order valence-corrected chi connectivity index (χ1v) is 9.51. The molecule has 0 aromatic heterocycles. The van der Waals surface area contributed by atoms with E-state index in [1.165, 1.54) is 0 Å². The predicted molar refractivity (Wildman–Crippen MR) is 85.7 cm³/mol. The van der Waals surface area contributed by atoms with Gasteiger partial charge >= 0.3 is 0 Å². The van der Waals surface area contributed by atoms with Crippen LogP contribution in [0, 0.1) is 11.3 Å². The Labute approximate surface area is 129 Å². The van der Waals surface area contributed by atoms with Crippen molar-refractivity contribution in [3.8, 4) is 0 Å². The first kappa shape index (κ1) is 18.4. The van der Waals surface area contributed by atoms with E-state index in [-0.39, 0.29) is 22.8 Å². The molecule has 1 fully saturated rings. The lowest BCUT2D eigenvalue weighted by molar-refractivity contribution is -0.123. The van der Waals surface area contributed by atoms with Crippen LogP contribution in [0.15, 0.2) is 0 Å². The number of nitrogens with two attached hydrogens (primary N) is 1. The van der Waals surface area contributed by atoms with Crippen LogP contribution in [0.2, 0.25) is 0 Å². The zero-order valence-corrected chi connectivity index (χ0v) is 14.6. The third kappa shape index (κ3) is 5.94. The molecule has 1 amide bonds. The van der Waals surface area contributed by atoms with Gasteiger partial charge < -0.3 is 11.1 Å². The SMILES string of the molecule is CC1(NC(=O)CCC(CCN)C(C)(C)C)CCS(=O)(=O)C1. The number of carbonyl (C=O) groups is 1. The van der Waals surface area contributed by atoms with Crippen LogP contribution in [-0.2, 0) is 14.6 Å². The van der Waals surface area contributed by atoms with Crippen molar-refractivity contribution < 1.29 is 13.2 Å². The zero-order valence-electron chi connectivity index (χ0n) is 13.7. The van der Waals surface area contributed by atoms with E-state index in [9.17, 15) is 13.2 Å². The summed E-state index contributed by atoms with van der Waals surface area (Å²) in [7, 11) is -2.99. The van der Waals surface area contributed by atoms with E-state index in [2.05, 4.69) is 26.1 Å². The van der Waals surface area contributed by atoms with Gasteiger partial charge in [0.2, 0.25) is 5.91 Å². The fourth-order valence-corrected chi connectivity index (χ4v) is 5.12. The van der Waals surface area contributed by atoms with Crippen molar-refractivity contribution in [3.05, 3.63) is 0 Å². The Balaban J connectivity index is 2.51. The van der Waals surface area contributed by atoms with Crippen LogP contribution in [0.25, 0.3) is 0 Å². The van der Waals surface area contributed by atoms with Crippen molar-refractivity contribution in [2.45, 2.75) is 58.9 Å². The molecule has 1 saturated heterocycles. The maximum Gasteiger partial charge on any atom is 0.220 e. The Kier molecular flexibility index (Phi) is 5.83. The highest BCUT2D eigenvalue weighted by Crippen LogP contribution is 2.32. The highest BCUT2D eigenvalue weighted by Gasteiger charge is 2.39. The van der Waals surface area contributed by atoms with E-state index in [4.69, 9.17) is 5.73 Å². The topological polar surface area (TPSA) is 89.3 Å². The zero-order chi connectivity index (χ0) is 16.3. The first-order chi connectivity index (χ1) is 9.47. The molecule has 1 aliphatic heterocycles. The average Bonchev–Trinajstić information content (AvgIpc) is 2.57. The van der Waals surface area contributed by atoms with E-state index in [0.717, 1.165) is 12.8 Å². The molecule has 3 N–H and O–H groups in total. The Bertz CT molecular complexity index is 468. The molecule has 0 radical (unpaired) electrons. The minimum Gasteiger partial charge on any atom is -0.350 e. The molecule has 5 nitrogen and oxygen atoms in total. The normalized spacial score (nSPS) is 26.5. The van der Waals surface area contributed by atoms with Gasteiger partial charge in [0, 0.05) is 6.42 Å². The first-order valence-electron chi connectivity index (χ1n) is 7.69. The van der Waals surface area contributed by atoms with Crippen LogP contribution >= 0.6 is 0 Å². The Morgan fingerprint density at radius 1 is 1.33 bits per heavy atom. The average molecular weight is 318 g/mol. The van der Waals surface area contributed by atoms with Gasteiger partial charge in [-0.15, -0.1) is 0 Å². The van der Waals surface area contributed by atoms with Gasteiger partial charge in [0.05, 0.1) is 17.0 Å². The van der Waals surface area contributed by atoms with Gasteiger partial charge in [-0.1, -0.05) is 20.8 Å². The van der Waals surface area contributed by atoms with E-state index in [0.29, 0.717) is 25.3 Å². The van der Waals surface area contributed by atoms with Gasteiger partial charge in [-0.3, -0.25) is 4.79 Å². The molecule has 1 aliphatic rings. The molecule has 0 aromatic rings.